The van der Waals surface area contributed by atoms with Gasteiger partial charge in [0.15, 0.2) is 5.78 Å². The fraction of sp³-hybridized carbons (Fsp3) is 0.571. The van der Waals surface area contributed by atoms with Crippen molar-refractivity contribution in [3.05, 3.63) is 0 Å². The molecule has 1 aliphatic heterocycles. The van der Waals surface area contributed by atoms with Gasteiger partial charge >= 0.3 is 5.97 Å². The molecule has 1 aliphatic rings. The molecule has 0 aromatic heterocycles. The Kier molecular flexibility index (Phi) is 5.36. The van der Waals surface area contributed by atoms with E-state index in [1.165, 1.54) is 11.9 Å². The van der Waals surface area contributed by atoms with Crippen molar-refractivity contribution in [1.29, 1.82) is 0 Å². The van der Waals surface area contributed by atoms with Crippen LogP contribution in [0.2, 0.25) is 0 Å². The molecule has 0 aromatic carbocycles. The van der Waals surface area contributed by atoms with E-state index in [1.807, 2.05) is 0 Å². The number of ketones is 1. The number of carbonyl (C=O) groups excluding carboxylic acids is 1. The third-order valence-corrected chi connectivity index (χ3v) is 1.90. The highest BCUT2D eigenvalue weighted by molar-refractivity contribution is 7.99. The number of hydrogen-bond donors (Lipinski definition) is 1. The minimum Gasteiger partial charge on any atom is -0.481 e. The number of carboxylic acids is 1. The fourth-order valence-corrected chi connectivity index (χ4v) is 1.03. The van der Waals surface area contributed by atoms with Gasteiger partial charge in [0.05, 0.1) is 11.5 Å². The molecule has 1 rings (SSSR count). The SMILES string of the molecule is CC1=NSCC1=O.CCC(=O)O. The number of aliphatic carboxylic acids is 1. The molecule has 0 bridgehead atoms. The second kappa shape index (κ2) is 5.77. The van der Waals surface area contributed by atoms with E-state index in [2.05, 4.69) is 4.40 Å². The molecule has 1 N–H and O–H groups in total. The van der Waals surface area contributed by atoms with Gasteiger partial charge in [-0.25, -0.2) is 4.40 Å². The van der Waals surface area contributed by atoms with Crippen molar-refractivity contribution in [2.24, 2.45) is 4.40 Å². The quantitative estimate of drug-likeness (QED) is 0.628. The van der Waals surface area contributed by atoms with Gasteiger partial charge in [0.2, 0.25) is 0 Å². The monoisotopic (exact) mass is 189 g/mol. The van der Waals surface area contributed by atoms with Crippen molar-refractivity contribution in [3.8, 4) is 0 Å². The second-order valence-electron chi connectivity index (χ2n) is 2.12. The van der Waals surface area contributed by atoms with Gasteiger partial charge in [0.1, 0.15) is 0 Å². The number of carboxylic acid groups (broad SMARTS) is 1. The maximum Gasteiger partial charge on any atom is 0.303 e. The highest BCUT2D eigenvalue weighted by Crippen LogP contribution is 2.10. The molecular formula is C7H11NO3S. The molecule has 4 nitrogen and oxygen atoms in total. The first-order valence-electron chi connectivity index (χ1n) is 3.49. The van der Waals surface area contributed by atoms with E-state index in [-0.39, 0.29) is 12.2 Å². The van der Waals surface area contributed by atoms with Gasteiger partial charge in [-0.3, -0.25) is 9.59 Å². The third-order valence-electron chi connectivity index (χ3n) is 1.10. The molecule has 0 saturated carbocycles. The summed E-state index contributed by atoms with van der Waals surface area (Å²) in [5.74, 6) is -0.0266. The third kappa shape index (κ3) is 4.90. The number of rotatable bonds is 1. The van der Waals surface area contributed by atoms with Crippen molar-refractivity contribution >= 4 is 29.4 Å². The Balaban J connectivity index is 0.000000217. The zero-order valence-corrected chi connectivity index (χ0v) is 7.85. The Morgan fingerprint density at radius 2 is 2.25 bits per heavy atom. The van der Waals surface area contributed by atoms with E-state index in [1.54, 1.807) is 13.8 Å². The molecule has 5 heteroatoms. The second-order valence-corrected chi connectivity index (χ2v) is 2.85. The zero-order valence-electron chi connectivity index (χ0n) is 7.03. The smallest absolute Gasteiger partial charge is 0.303 e. The highest BCUT2D eigenvalue weighted by atomic mass is 32.2. The standard InChI is InChI=1S/C4H5NOS.C3H6O2/c1-3-4(6)2-7-5-3;1-2-3(4)5/h2H2,1H3;2H2,1H3,(H,4,5). The van der Waals surface area contributed by atoms with Crippen LogP contribution in [-0.4, -0.2) is 28.3 Å². The number of nitrogens with zero attached hydrogens (tertiary/aromatic N) is 1. The zero-order chi connectivity index (χ0) is 9.56. The molecule has 0 radical (unpaired) electrons. The summed E-state index contributed by atoms with van der Waals surface area (Å²) in [5.41, 5.74) is 0.657. The van der Waals surface area contributed by atoms with Gasteiger partial charge in [0, 0.05) is 6.42 Å². The average Bonchev–Trinajstić information content (AvgIpc) is 2.37. The molecule has 1 heterocycles. The van der Waals surface area contributed by atoms with Crippen molar-refractivity contribution in [3.63, 3.8) is 0 Å². The Bertz CT molecular complexity index is 213. The van der Waals surface area contributed by atoms with Gasteiger partial charge in [-0.15, -0.1) is 0 Å². The van der Waals surface area contributed by atoms with E-state index in [0.29, 0.717) is 11.5 Å². The normalized spacial score (nSPS) is 14.8. The lowest BCUT2D eigenvalue weighted by Gasteiger charge is -1.76. The van der Waals surface area contributed by atoms with Crippen LogP contribution in [0.25, 0.3) is 0 Å². The maximum atomic E-state index is 10.4. The number of carbonyl (C=O) groups is 2. The largest absolute Gasteiger partial charge is 0.481 e. The van der Waals surface area contributed by atoms with Crippen LogP contribution in [0.3, 0.4) is 0 Å². The lowest BCUT2D eigenvalue weighted by molar-refractivity contribution is -0.136. The Morgan fingerprint density at radius 1 is 1.75 bits per heavy atom. The van der Waals surface area contributed by atoms with Crippen LogP contribution < -0.4 is 0 Å². The summed E-state index contributed by atoms with van der Waals surface area (Å²) >= 11 is 1.33. The topological polar surface area (TPSA) is 66.7 Å². The molecule has 0 atom stereocenters. The Morgan fingerprint density at radius 3 is 2.33 bits per heavy atom. The Labute approximate surface area is 75.2 Å². The first-order chi connectivity index (χ1) is 5.57. The Hall–Kier alpha value is -0.840. The molecule has 0 unspecified atom stereocenters. The number of hydrogen-bond acceptors (Lipinski definition) is 4. The maximum absolute atomic E-state index is 10.4. The van der Waals surface area contributed by atoms with Crippen molar-refractivity contribution in [1.82, 2.24) is 0 Å². The van der Waals surface area contributed by atoms with Crippen LogP contribution in [0.1, 0.15) is 20.3 Å². The highest BCUT2D eigenvalue weighted by Gasteiger charge is 2.11. The van der Waals surface area contributed by atoms with Crippen LogP contribution in [-0.2, 0) is 9.59 Å². The van der Waals surface area contributed by atoms with E-state index in [9.17, 15) is 9.59 Å². The van der Waals surface area contributed by atoms with Crippen LogP contribution in [0.4, 0.5) is 0 Å². The average molecular weight is 189 g/mol. The van der Waals surface area contributed by atoms with Crippen molar-refractivity contribution in [2.75, 3.05) is 5.75 Å². The molecular weight excluding hydrogens is 178 g/mol. The molecule has 12 heavy (non-hydrogen) atoms. The van der Waals surface area contributed by atoms with E-state index >= 15 is 0 Å². The van der Waals surface area contributed by atoms with E-state index < -0.39 is 5.97 Å². The molecule has 68 valence electrons. The molecule has 0 saturated heterocycles. The van der Waals surface area contributed by atoms with Crippen LogP contribution in [0, 0.1) is 0 Å². The summed E-state index contributed by atoms with van der Waals surface area (Å²) in [7, 11) is 0. The van der Waals surface area contributed by atoms with Gasteiger partial charge in [0.25, 0.3) is 0 Å². The summed E-state index contributed by atoms with van der Waals surface area (Å²) in [4.78, 5) is 19.8. The predicted molar refractivity (Wildman–Crippen MR) is 48.5 cm³/mol. The summed E-state index contributed by atoms with van der Waals surface area (Å²) < 4.78 is 3.80. The summed E-state index contributed by atoms with van der Waals surface area (Å²) in [6.45, 7) is 3.34. The summed E-state index contributed by atoms with van der Waals surface area (Å²) in [6, 6.07) is 0. The van der Waals surface area contributed by atoms with Gasteiger partial charge in [-0.2, -0.15) is 0 Å². The number of Topliss-reactive ketones (excluding diaryl/α,β-unsaturated/α-hetero) is 1. The van der Waals surface area contributed by atoms with Crippen molar-refractivity contribution in [2.45, 2.75) is 20.3 Å². The lowest BCUT2D eigenvalue weighted by Crippen LogP contribution is -2.04. The minimum absolute atomic E-state index is 0.171. The van der Waals surface area contributed by atoms with Crippen LogP contribution >= 0.6 is 11.9 Å². The predicted octanol–water partition coefficient (Wildman–Crippen LogP) is 1.16. The van der Waals surface area contributed by atoms with Gasteiger partial charge in [-0.1, -0.05) is 6.92 Å². The molecule has 0 aromatic rings. The first kappa shape index (κ1) is 11.2. The van der Waals surface area contributed by atoms with E-state index in [4.69, 9.17) is 5.11 Å². The first-order valence-corrected chi connectivity index (χ1v) is 4.43. The van der Waals surface area contributed by atoms with Crippen LogP contribution in [0.5, 0.6) is 0 Å². The molecule has 0 spiro atoms. The summed E-state index contributed by atoms with van der Waals surface area (Å²) in [6.07, 6.45) is 0.222. The minimum atomic E-state index is -0.745. The van der Waals surface area contributed by atoms with E-state index in [0.717, 1.165) is 0 Å². The molecule has 0 aliphatic carbocycles. The molecule has 0 fully saturated rings. The van der Waals surface area contributed by atoms with Gasteiger partial charge < -0.3 is 5.11 Å². The van der Waals surface area contributed by atoms with Crippen LogP contribution in [0.15, 0.2) is 4.40 Å². The fourth-order valence-electron chi connectivity index (χ4n) is 0.343. The van der Waals surface area contributed by atoms with Crippen molar-refractivity contribution < 1.29 is 14.7 Å². The summed E-state index contributed by atoms with van der Waals surface area (Å²) in [5, 5.41) is 7.72. The lowest BCUT2D eigenvalue weighted by atomic mass is 10.3. The molecule has 0 amide bonds. The van der Waals surface area contributed by atoms with Gasteiger partial charge in [-0.05, 0) is 18.9 Å².